The summed E-state index contributed by atoms with van der Waals surface area (Å²) in [4.78, 5) is 37.4. The largest absolute Gasteiger partial charge is 0.449 e. The van der Waals surface area contributed by atoms with E-state index in [0.717, 1.165) is 0 Å². The average molecular weight is 469 g/mol. The fourth-order valence-electron chi connectivity index (χ4n) is 7.18. The molecule has 2 unspecified atom stereocenters. The summed E-state index contributed by atoms with van der Waals surface area (Å²) in [7, 11) is 0. The highest BCUT2D eigenvalue weighted by Crippen LogP contribution is 2.70. The van der Waals surface area contributed by atoms with Crippen LogP contribution in [0.2, 0.25) is 0 Å². The molecule has 5 nitrogen and oxygen atoms in total. The number of esters is 1. The minimum atomic E-state index is -2.03. The maximum absolute atomic E-state index is 17.1. The van der Waals surface area contributed by atoms with Crippen molar-refractivity contribution in [1.29, 1.82) is 0 Å². The van der Waals surface area contributed by atoms with Gasteiger partial charge in [0.1, 0.15) is 6.01 Å². The summed E-state index contributed by atoms with van der Waals surface area (Å²) in [6.07, 6.45) is 4.47. The fraction of sp³-hybridized carbons (Fsp3) is 0.708. The van der Waals surface area contributed by atoms with Gasteiger partial charge in [-0.15, -0.1) is 0 Å². The highest BCUT2D eigenvalue weighted by atomic mass is 32.2. The minimum absolute atomic E-state index is 0.0557. The SMILES string of the molecule is CCC(=O)O[C@]1(C(=O)SCF)CCC2C3CCC4=CC(=O)C=C[C@]4(C)[C@@]3(F)[C@@H](O)C[C@@]21C. The zero-order valence-corrected chi connectivity index (χ0v) is 19.5. The summed E-state index contributed by atoms with van der Waals surface area (Å²) < 4.78 is 36.0. The zero-order chi connectivity index (χ0) is 23.5. The number of ether oxygens (including phenoxy) is 1. The lowest BCUT2D eigenvalue weighted by molar-refractivity contribution is -0.222. The second kappa shape index (κ2) is 7.76. The first-order valence-electron chi connectivity index (χ1n) is 11.3. The van der Waals surface area contributed by atoms with Crippen molar-refractivity contribution in [3.63, 3.8) is 0 Å². The Morgan fingerprint density at radius 3 is 2.66 bits per heavy atom. The standard InChI is InChI=1S/C24H30F2O5S/c1-4-19(29)31-23(20(30)32-13-25)10-8-16-17-6-5-14-11-15(27)7-9-21(14,2)24(17,26)18(28)12-22(16,23)3/h7,9,11,16-18,28H,4-6,8,10,12-13H2,1-3H3/t16?,17?,18-,21-,22-,23-,24-/m0/s1. The van der Waals surface area contributed by atoms with E-state index < -0.39 is 51.2 Å². The molecule has 0 heterocycles. The maximum atomic E-state index is 17.1. The van der Waals surface area contributed by atoms with Gasteiger partial charge in [0, 0.05) is 23.2 Å². The Morgan fingerprint density at radius 2 is 2.00 bits per heavy atom. The monoisotopic (exact) mass is 468 g/mol. The van der Waals surface area contributed by atoms with Gasteiger partial charge in [-0.3, -0.25) is 14.4 Å². The molecule has 4 aliphatic rings. The molecule has 3 fully saturated rings. The molecule has 0 saturated heterocycles. The molecule has 0 spiro atoms. The van der Waals surface area contributed by atoms with Crippen LogP contribution in [0.4, 0.5) is 8.78 Å². The molecule has 3 saturated carbocycles. The minimum Gasteiger partial charge on any atom is -0.449 e. The van der Waals surface area contributed by atoms with Crippen LogP contribution in [0.1, 0.15) is 59.3 Å². The number of aliphatic hydroxyl groups is 1. The first-order chi connectivity index (χ1) is 15.0. The van der Waals surface area contributed by atoms with E-state index >= 15 is 4.39 Å². The van der Waals surface area contributed by atoms with Gasteiger partial charge in [0.15, 0.2) is 17.1 Å². The van der Waals surface area contributed by atoms with Crippen LogP contribution in [0.15, 0.2) is 23.8 Å². The number of alkyl halides is 2. The number of hydrogen-bond acceptors (Lipinski definition) is 6. The molecule has 7 atom stereocenters. The van der Waals surface area contributed by atoms with Crippen LogP contribution in [0.5, 0.6) is 0 Å². The Morgan fingerprint density at radius 1 is 1.28 bits per heavy atom. The summed E-state index contributed by atoms with van der Waals surface area (Å²) >= 11 is 0.466. The third-order valence-corrected chi connectivity index (χ3v) is 9.55. The van der Waals surface area contributed by atoms with Crippen LogP contribution in [-0.4, -0.2) is 45.4 Å². The predicted molar refractivity (Wildman–Crippen MR) is 116 cm³/mol. The van der Waals surface area contributed by atoms with Crippen molar-refractivity contribution in [3.8, 4) is 0 Å². The van der Waals surface area contributed by atoms with Crippen molar-refractivity contribution < 1.29 is 33.0 Å². The molecule has 1 N–H and O–H groups in total. The molecule has 0 bridgehead atoms. The van der Waals surface area contributed by atoms with Gasteiger partial charge in [0.05, 0.1) is 6.10 Å². The molecule has 0 radical (unpaired) electrons. The molecule has 0 aromatic rings. The Kier molecular flexibility index (Phi) is 5.72. The molecule has 8 heteroatoms. The number of allylic oxidation sites excluding steroid dienone is 4. The fourth-order valence-corrected chi connectivity index (χ4v) is 7.88. The zero-order valence-electron chi connectivity index (χ0n) is 18.7. The number of carbonyl (C=O) groups excluding carboxylic acids is 3. The average Bonchev–Trinajstić information content (AvgIpc) is 3.02. The predicted octanol–water partition coefficient (Wildman–Crippen LogP) is 4.24. The number of thioether (sulfide) groups is 1. The Hall–Kier alpha value is -1.54. The summed E-state index contributed by atoms with van der Waals surface area (Å²) in [5, 5.41) is 10.8. The molecule has 0 aromatic heterocycles. The quantitative estimate of drug-likeness (QED) is 0.622. The number of carbonyl (C=O) groups is 3. The van der Waals surface area contributed by atoms with Gasteiger partial charge in [-0.05, 0) is 68.9 Å². The molecule has 4 rings (SSSR count). The number of aliphatic hydroxyl groups excluding tert-OH is 1. The number of ketones is 1. The van der Waals surface area contributed by atoms with Crippen LogP contribution >= 0.6 is 11.8 Å². The Bertz CT molecular complexity index is 918. The summed E-state index contributed by atoms with van der Waals surface area (Å²) in [6.45, 7) is 5.12. The lowest BCUT2D eigenvalue weighted by Gasteiger charge is -2.62. The van der Waals surface area contributed by atoms with Crippen LogP contribution in [0.3, 0.4) is 0 Å². The van der Waals surface area contributed by atoms with Gasteiger partial charge >= 0.3 is 5.97 Å². The van der Waals surface area contributed by atoms with Gasteiger partial charge in [-0.25, -0.2) is 8.78 Å². The lowest BCUT2D eigenvalue weighted by Crippen LogP contribution is -2.69. The van der Waals surface area contributed by atoms with Crippen LogP contribution in [0.25, 0.3) is 0 Å². The first-order valence-corrected chi connectivity index (χ1v) is 12.2. The third-order valence-electron chi connectivity index (χ3n) is 8.85. The van der Waals surface area contributed by atoms with Gasteiger partial charge in [-0.1, -0.05) is 25.5 Å². The molecule has 0 aromatic carbocycles. The number of rotatable bonds is 4. The van der Waals surface area contributed by atoms with Gasteiger partial charge in [0.25, 0.3) is 0 Å². The number of halogens is 2. The van der Waals surface area contributed by atoms with Gasteiger partial charge in [-0.2, -0.15) is 0 Å². The Balaban J connectivity index is 1.80. The molecule has 0 amide bonds. The topological polar surface area (TPSA) is 80.7 Å². The van der Waals surface area contributed by atoms with Gasteiger partial charge in [0.2, 0.25) is 5.12 Å². The van der Waals surface area contributed by atoms with Crippen molar-refractivity contribution >= 4 is 28.6 Å². The van der Waals surface area contributed by atoms with Crippen molar-refractivity contribution in [2.45, 2.75) is 76.7 Å². The number of fused-ring (bicyclic) bond motifs is 5. The molecule has 4 aliphatic carbocycles. The van der Waals surface area contributed by atoms with Crippen LogP contribution in [-0.2, 0) is 19.1 Å². The third kappa shape index (κ3) is 2.87. The second-order valence-electron chi connectivity index (χ2n) is 10.00. The molecule has 176 valence electrons. The molecular weight excluding hydrogens is 438 g/mol. The summed E-state index contributed by atoms with van der Waals surface area (Å²) in [5.74, 6) is -1.69. The molecule has 32 heavy (non-hydrogen) atoms. The molecular formula is C24H30F2O5S. The van der Waals surface area contributed by atoms with E-state index in [1.54, 1.807) is 26.8 Å². The van der Waals surface area contributed by atoms with Crippen molar-refractivity contribution in [2.24, 2.45) is 22.7 Å². The van der Waals surface area contributed by atoms with Crippen molar-refractivity contribution in [2.75, 3.05) is 6.01 Å². The smallest absolute Gasteiger partial charge is 0.306 e. The Labute approximate surface area is 191 Å². The second-order valence-corrected chi connectivity index (χ2v) is 10.9. The van der Waals surface area contributed by atoms with E-state index in [0.29, 0.717) is 36.6 Å². The van der Waals surface area contributed by atoms with Crippen molar-refractivity contribution in [3.05, 3.63) is 23.8 Å². The van der Waals surface area contributed by atoms with Gasteiger partial charge < -0.3 is 9.84 Å². The van der Waals surface area contributed by atoms with E-state index in [2.05, 4.69) is 0 Å². The highest BCUT2D eigenvalue weighted by Gasteiger charge is 2.75. The molecule has 0 aliphatic heterocycles. The lowest BCUT2D eigenvalue weighted by atomic mass is 9.45. The summed E-state index contributed by atoms with van der Waals surface area (Å²) in [6, 6.07) is -0.949. The highest BCUT2D eigenvalue weighted by molar-refractivity contribution is 8.13. The maximum Gasteiger partial charge on any atom is 0.306 e. The van der Waals surface area contributed by atoms with E-state index in [9.17, 15) is 23.9 Å². The van der Waals surface area contributed by atoms with E-state index in [1.165, 1.54) is 12.2 Å². The van der Waals surface area contributed by atoms with E-state index in [-0.39, 0.29) is 31.0 Å². The van der Waals surface area contributed by atoms with E-state index in [1.807, 2.05) is 0 Å². The first kappa shape index (κ1) is 23.6. The van der Waals surface area contributed by atoms with Crippen LogP contribution in [0, 0.1) is 22.7 Å². The van der Waals surface area contributed by atoms with E-state index in [4.69, 9.17) is 4.74 Å². The van der Waals surface area contributed by atoms with Crippen molar-refractivity contribution in [1.82, 2.24) is 0 Å². The number of hydrogen-bond donors (Lipinski definition) is 1. The summed E-state index contributed by atoms with van der Waals surface area (Å²) in [5.41, 5.74) is -5.10. The van der Waals surface area contributed by atoms with Crippen LogP contribution < -0.4 is 0 Å². The normalized spacial score (nSPS) is 44.9.